The molecule has 160 valence electrons. The van der Waals surface area contributed by atoms with Crippen molar-refractivity contribution < 1.29 is 13.6 Å². The molecule has 0 saturated carbocycles. The fraction of sp³-hybridized carbons (Fsp3) is 0.667. The maximum absolute atomic E-state index is 10.6. The van der Waals surface area contributed by atoms with Gasteiger partial charge in [-0.15, -0.1) is 0 Å². The fourth-order valence-electron chi connectivity index (χ4n) is 2.05. The number of amides is 1. The molecule has 0 fully saturated rings. The molecule has 0 radical (unpaired) electrons. The minimum absolute atomic E-state index is 0.101. The molecule has 0 aliphatic heterocycles. The minimum Gasteiger partial charge on any atom is -0.541 e. The average molecular weight is 536 g/mol. The molecular formula is C21H38INO3Si2. The van der Waals surface area contributed by atoms with Crippen molar-refractivity contribution in [3.8, 4) is 11.5 Å². The first-order chi connectivity index (χ1) is 12.5. The van der Waals surface area contributed by atoms with E-state index < -0.39 is 16.6 Å². The summed E-state index contributed by atoms with van der Waals surface area (Å²) in [6, 6.07) is 4.23. The molecule has 1 aromatic carbocycles. The summed E-state index contributed by atoms with van der Waals surface area (Å²) in [4.78, 5) is 10.6. The predicted molar refractivity (Wildman–Crippen MR) is 133 cm³/mol. The number of nitrogens with one attached hydrogen (secondary N) is 1. The zero-order valence-corrected chi connectivity index (χ0v) is 23.4. The summed E-state index contributed by atoms with van der Waals surface area (Å²) in [7, 11) is -4.01. The van der Waals surface area contributed by atoms with E-state index >= 15 is 0 Å². The third-order valence-electron chi connectivity index (χ3n) is 6.08. The molecule has 1 aromatic rings. The van der Waals surface area contributed by atoms with Gasteiger partial charge in [0, 0.05) is 10.1 Å². The Morgan fingerprint density at radius 1 is 0.929 bits per heavy atom. The Morgan fingerprint density at radius 3 is 1.75 bits per heavy atom. The van der Waals surface area contributed by atoms with Gasteiger partial charge < -0.3 is 14.2 Å². The van der Waals surface area contributed by atoms with Crippen molar-refractivity contribution in [2.45, 2.75) is 84.2 Å². The molecule has 0 bridgehead atoms. The van der Waals surface area contributed by atoms with Gasteiger partial charge in [-0.1, -0.05) is 41.5 Å². The molecule has 28 heavy (non-hydrogen) atoms. The highest BCUT2D eigenvalue weighted by molar-refractivity contribution is 14.1. The highest BCUT2D eigenvalue weighted by Gasteiger charge is 2.42. The van der Waals surface area contributed by atoms with Gasteiger partial charge in [0.25, 0.3) is 16.6 Å². The number of hydrogen-bond acceptors (Lipinski definition) is 3. The van der Waals surface area contributed by atoms with Gasteiger partial charge in [-0.05, 0) is 83.0 Å². The molecule has 1 rings (SSSR count). The Morgan fingerprint density at radius 2 is 1.36 bits per heavy atom. The van der Waals surface area contributed by atoms with Gasteiger partial charge >= 0.3 is 0 Å². The summed E-state index contributed by atoms with van der Waals surface area (Å²) in [5, 5.41) is 2.96. The van der Waals surface area contributed by atoms with Crippen LogP contribution >= 0.6 is 22.6 Å². The summed E-state index contributed by atoms with van der Waals surface area (Å²) in [6.45, 7) is 23.1. The highest BCUT2D eigenvalue weighted by Crippen LogP contribution is 2.44. The van der Waals surface area contributed by atoms with Crippen molar-refractivity contribution in [1.82, 2.24) is 5.32 Å². The molecule has 0 spiro atoms. The Kier molecular flexibility index (Phi) is 8.26. The molecule has 1 N–H and O–H groups in total. The first-order valence-corrected chi connectivity index (χ1v) is 16.8. The third-order valence-corrected chi connectivity index (χ3v) is 15.8. The van der Waals surface area contributed by atoms with Crippen molar-refractivity contribution in [1.29, 1.82) is 0 Å². The van der Waals surface area contributed by atoms with Crippen LogP contribution in [0.1, 0.15) is 47.1 Å². The van der Waals surface area contributed by atoms with Crippen molar-refractivity contribution in [3.63, 3.8) is 0 Å². The lowest BCUT2D eigenvalue weighted by atomic mass is 10.1. The number of halogens is 1. The molecule has 0 aromatic heterocycles. The van der Waals surface area contributed by atoms with E-state index in [1.165, 1.54) is 5.56 Å². The van der Waals surface area contributed by atoms with E-state index in [4.69, 9.17) is 8.85 Å². The first kappa shape index (κ1) is 25.5. The van der Waals surface area contributed by atoms with E-state index in [1.807, 2.05) is 0 Å². The zero-order valence-electron chi connectivity index (χ0n) is 19.2. The maximum atomic E-state index is 10.6. The van der Waals surface area contributed by atoms with Crippen LogP contribution in [0, 0.1) is 3.57 Å². The number of rotatable bonds is 8. The van der Waals surface area contributed by atoms with Crippen LogP contribution in [0.15, 0.2) is 12.1 Å². The molecule has 7 heteroatoms. The summed E-state index contributed by atoms with van der Waals surface area (Å²) in [6.07, 6.45) is 1.51. The summed E-state index contributed by atoms with van der Waals surface area (Å²) in [5.74, 6) is 1.70. The lowest BCUT2D eigenvalue weighted by molar-refractivity contribution is -0.109. The normalized spacial score (nSPS) is 13.2. The fourth-order valence-corrected chi connectivity index (χ4v) is 4.79. The van der Waals surface area contributed by atoms with Crippen LogP contribution in [0.25, 0.3) is 0 Å². The molecule has 0 atom stereocenters. The van der Waals surface area contributed by atoms with E-state index in [0.717, 1.165) is 27.9 Å². The number of benzene rings is 1. The SMILES string of the molecule is CC(C)(C)[Si](C)(C)Oc1cc(I)c(CCNC=O)cc1O[Si](C)(C)C(C)(C)C. The van der Waals surface area contributed by atoms with E-state index in [9.17, 15) is 4.79 Å². The zero-order chi connectivity index (χ0) is 22.0. The van der Waals surface area contributed by atoms with Crippen molar-refractivity contribution in [3.05, 3.63) is 21.3 Å². The van der Waals surface area contributed by atoms with E-state index in [0.29, 0.717) is 6.54 Å². The monoisotopic (exact) mass is 535 g/mol. The second kappa shape index (κ2) is 9.08. The second-order valence-corrected chi connectivity index (χ2v) is 21.0. The molecule has 0 heterocycles. The van der Waals surface area contributed by atoms with Gasteiger partial charge in [-0.2, -0.15) is 0 Å². The van der Waals surface area contributed by atoms with Crippen LogP contribution < -0.4 is 14.2 Å². The Balaban J connectivity index is 3.40. The van der Waals surface area contributed by atoms with Crippen LogP contribution in [-0.4, -0.2) is 29.6 Å². The van der Waals surface area contributed by atoms with Gasteiger partial charge in [-0.25, -0.2) is 0 Å². The summed E-state index contributed by atoms with van der Waals surface area (Å²) < 4.78 is 14.5. The third kappa shape index (κ3) is 6.48. The Labute approximate surface area is 187 Å². The number of hydrogen-bond donors (Lipinski definition) is 1. The lowest BCUT2D eigenvalue weighted by Crippen LogP contribution is -2.45. The van der Waals surface area contributed by atoms with Gasteiger partial charge in [0.15, 0.2) is 0 Å². The Bertz CT molecular complexity index is 692. The smallest absolute Gasteiger partial charge is 0.250 e. The molecule has 4 nitrogen and oxygen atoms in total. The van der Waals surface area contributed by atoms with Crippen LogP contribution in [0.5, 0.6) is 11.5 Å². The second-order valence-electron chi connectivity index (χ2n) is 10.4. The highest BCUT2D eigenvalue weighted by atomic mass is 127. The van der Waals surface area contributed by atoms with Crippen LogP contribution in [0.4, 0.5) is 0 Å². The standard InChI is InChI=1S/C21H38INO3Si2/c1-20(2,3)27(7,8)25-18-13-16(11-12-23-15-24)17(22)14-19(18)26-28(9,10)21(4,5)6/h13-15H,11-12H2,1-10H3,(H,23,24). The maximum Gasteiger partial charge on any atom is 0.250 e. The van der Waals surface area contributed by atoms with E-state index in [2.05, 4.69) is 108 Å². The molecule has 1 amide bonds. The van der Waals surface area contributed by atoms with Gasteiger partial charge in [-0.3, -0.25) is 4.79 Å². The minimum atomic E-state index is -2.02. The summed E-state index contributed by atoms with van der Waals surface area (Å²) in [5.41, 5.74) is 1.17. The quantitative estimate of drug-likeness (QED) is 0.183. The lowest BCUT2D eigenvalue weighted by Gasteiger charge is -2.40. The first-order valence-electron chi connectivity index (χ1n) is 9.89. The van der Waals surface area contributed by atoms with Crippen molar-refractivity contribution in [2.24, 2.45) is 0 Å². The van der Waals surface area contributed by atoms with Crippen LogP contribution in [-0.2, 0) is 11.2 Å². The van der Waals surface area contributed by atoms with Gasteiger partial charge in [0.05, 0.1) is 0 Å². The van der Waals surface area contributed by atoms with Gasteiger partial charge in [0.1, 0.15) is 11.5 Å². The number of carbonyl (C=O) groups is 1. The average Bonchev–Trinajstić information content (AvgIpc) is 2.48. The predicted octanol–water partition coefficient (Wildman–Crippen LogP) is 6.35. The van der Waals surface area contributed by atoms with Crippen LogP contribution in [0.2, 0.25) is 36.3 Å². The molecule has 0 unspecified atom stereocenters. The summed E-state index contributed by atoms with van der Waals surface area (Å²) >= 11 is 2.36. The molecule has 0 aliphatic carbocycles. The van der Waals surface area contributed by atoms with Gasteiger partial charge in [0.2, 0.25) is 6.41 Å². The van der Waals surface area contributed by atoms with E-state index in [1.54, 1.807) is 0 Å². The Hall–Kier alpha value is -0.546. The van der Waals surface area contributed by atoms with E-state index in [-0.39, 0.29) is 10.1 Å². The molecule has 0 aliphatic rings. The largest absolute Gasteiger partial charge is 0.541 e. The number of carbonyl (C=O) groups excluding carboxylic acids is 1. The molecule has 0 saturated heterocycles. The topological polar surface area (TPSA) is 47.6 Å². The van der Waals surface area contributed by atoms with Crippen LogP contribution in [0.3, 0.4) is 0 Å². The van der Waals surface area contributed by atoms with Crippen molar-refractivity contribution >= 4 is 45.6 Å². The molecular weight excluding hydrogens is 497 g/mol. The van der Waals surface area contributed by atoms with Crippen molar-refractivity contribution in [2.75, 3.05) is 6.54 Å².